The van der Waals surface area contributed by atoms with Crippen molar-refractivity contribution in [1.29, 1.82) is 5.26 Å². The van der Waals surface area contributed by atoms with Gasteiger partial charge in [0.2, 0.25) is 5.88 Å². The summed E-state index contributed by atoms with van der Waals surface area (Å²) in [6.45, 7) is 0. The summed E-state index contributed by atoms with van der Waals surface area (Å²) >= 11 is 0. The van der Waals surface area contributed by atoms with Crippen LogP contribution in [-0.2, 0) is 6.42 Å². The molecular formula is C21H16N2O3. The Kier molecular flexibility index (Phi) is 3.94. The summed E-state index contributed by atoms with van der Waals surface area (Å²) in [5, 5.41) is 10.2. The van der Waals surface area contributed by atoms with Crippen LogP contribution in [0, 0.1) is 11.3 Å². The van der Waals surface area contributed by atoms with Crippen LogP contribution in [0.3, 0.4) is 0 Å². The second kappa shape index (κ2) is 6.41. The molecule has 0 unspecified atom stereocenters. The Morgan fingerprint density at radius 3 is 2.58 bits per heavy atom. The second-order valence-electron chi connectivity index (χ2n) is 6.20. The fourth-order valence-corrected chi connectivity index (χ4v) is 3.40. The van der Waals surface area contributed by atoms with Gasteiger partial charge in [0.25, 0.3) is 0 Å². The predicted octanol–water partition coefficient (Wildman–Crippen LogP) is 3.60. The number of para-hydroxylation sites is 1. The number of benzene rings is 2. The summed E-state index contributed by atoms with van der Waals surface area (Å²) in [5.74, 6) is -0.00922. The first-order valence-electron chi connectivity index (χ1n) is 8.36. The molecule has 2 heterocycles. The molecule has 1 aromatic heterocycles. The highest BCUT2D eigenvalue weighted by atomic mass is 16.5. The first-order valence-corrected chi connectivity index (χ1v) is 8.36. The van der Waals surface area contributed by atoms with Crippen molar-refractivity contribution in [3.05, 3.63) is 87.6 Å². The summed E-state index contributed by atoms with van der Waals surface area (Å²) in [6.07, 6.45) is 1.27. The summed E-state index contributed by atoms with van der Waals surface area (Å²) in [6, 6.07) is 19.2. The molecule has 26 heavy (non-hydrogen) atoms. The minimum absolute atomic E-state index is 0.0498. The van der Waals surface area contributed by atoms with Gasteiger partial charge in [0.15, 0.2) is 5.75 Å². The summed E-state index contributed by atoms with van der Waals surface area (Å²) in [4.78, 5) is 12.6. The van der Waals surface area contributed by atoms with Crippen molar-refractivity contribution in [2.45, 2.75) is 18.8 Å². The van der Waals surface area contributed by atoms with Gasteiger partial charge in [0.1, 0.15) is 11.7 Å². The Bertz CT molecular complexity index is 1110. The molecule has 0 saturated heterocycles. The molecule has 0 bridgehead atoms. The number of nitrogens with two attached hydrogens (primary N) is 1. The van der Waals surface area contributed by atoms with Crippen LogP contribution in [0.4, 0.5) is 0 Å². The molecular weight excluding hydrogens is 328 g/mol. The number of nitrogens with zero attached hydrogens (tertiary/aromatic N) is 1. The van der Waals surface area contributed by atoms with Crippen molar-refractivity contribution in [1.82, 2.24) is 0 Å². The molecule has 4 rings (SSSR count). The van der Waals surface area contributed by atoms with Crippen molar-refractivity contribution in [3.8, 4) is 11.8 Å². The Hall–Kier alpha value is -3.52. The van der Waals surface area contributed by atoms with Gasteiger partial charge >= 0.3 is 5.63 Å². The van der Waals surface area contributed by atoms with E-state index in [1.165, 1.54) is 0 Å². The Morgan fingerprint density at radius 2 is 1.81 bits per heavy atom. The van der Waals surface area contributed by atoms with Crippen LogP contribution in [0.25, 0.3) is 11.0 Å². The molecule has 0 radical (unpaired) electrons. The van der Waals surface area contributed by atoms with Gasteiger partial charge in [-0.1, -0.05) is 42.5 Å². The lowest BCUT2D eigenvalue weighted by molar-refractivity contribution is 0.378. The van der Waals surface area contributed by atoms with Gasteiger partial charge < -0.3 is 14.9 Å². The number of allylic oxidation sites excluding steroid dienone is 1. The zero-order valence-electron chi connectivity index (χ0n) is 13.9. The largest absolute Gasteiger partial charge is 0.439 e. The lowest BCUT2D eigenvalue weighted by Crippen LogP contribution is -2.26. The minimum atomic E-state index is -0.489. The molecule has 0 amide bonds. The average Bonchev–Trinajstić information content (AvgIpc) is 2.66. The average molecular weight is 344 g/mol. The van der Waals surface area contributed by atoms with Gasteiger partial charge in [0, 0.05) is 5.92 Å². The second-order valence-corrected chi connectivity index (χ2v) is 6.20. The molecule has 5 heteroatoms. The Balaban J connectivity index is 1.84. The highest BCUT2D eigenvalue weighted by molar-refractivity contribution is 5.85. The lowest BCUT2D eigenvalue weighted by Gasteiger charge is -2.25. The standard InChI is InChI=1S/C21H16N2O3/c22-12-16-14(11-10-13-6-2-1-3-7-13)18-19(26-20(16)23)15-8-4-5-9-17(15)25-21(18)24/h1-9,14H,10-11,23H2/t14-/m1/s1. The molecule has 0 fully saturated rings. The monoisotopic (exact) mass is 344 g/mol. The summed E-state index contributed by atoms with van der Waals surface area (Å²) < 4.78 is 11.1. The van der Waals surface area contributed by atoms with Crippen molar-refractivity contribution in [2.75, 3.05) is 0 Å². The number of rotatable bonds is 3. The number of nitriles is 1. The van der Waals surface area contributed by atoms with Gasteiger partial charge in [-0.05, 0) is 30.5 Å². The Morgan fingerprint density at radius 1 is 1.08 bits per heavy atom. The molecule has 0 saturated carbocycles. The third-order valence-electron chi connectivity index (χ3n) is 4.66. The first kappa shape index (κ1) is 16.0. The summed E-state index contributed by atoms with van der Waals surface area (Å²) in [7, 11) is 0. The smallest absolute Gasteiger partial charge is 0.343 e. The third kappa shape index (κ3) is 2.62. The van der Waals surface area contributed by atoms with Gasteiger partial charge in [0.05, 0.1) is 16.5 Å². The van der Waals surface area contributed by atoms with Crippen LogP contribution in [0.2, 0.25) is 0 Å². The minimum Gasteiger partial charge on any atom is -0.439 e. The van der Waals surface area contributed by atoms with Crippen LogP contribution in [0.15, 0.2) is 75.3 Å². The lowest BCUT2D eigenvalue weighted by atomic mass is 9.85. The molecule has 0 spiro atoms. The number of aryl methyl sites for hydroxylation is 1. The van der Waals surface area contributed by atoms with E-state index in [9.17, 15) is 10.1 Å². The van der Waals surface area contributed by atoms with Crippen LogP contribution in [0.5, 0.6) is 5.75 Å². The van der Waals surface area contributed by atoms with Crippen molar-refractivity contribution < 1.29 is 9.15 Å². The zero-order valence-corrected chi connectivity index (χ0v) is 13.9. The molecule has 1 aliphatic heterocycles. The van der Waals surface area contributed by atoms with Crippen molar-refractivity contribution in [2.24, 2.45) is 5.73 Å². The van der Waals surface area contributed by atoms with Crippen molar-refractivity contribution >= 4 is 11.0 Å². The summed E-state index contributed by atoms with van der Waals surface area (Å²) in [5.41, 5.74) is 7.72. The Labute approximate surface area is 149 Å². The van der Waals surface area contributed by atoms with Crippen LogP contribution < -0.4 is 16.1 Å². The van der Waals surface area contributed by atoms with E-state index < -0.39 is 11.5 Å². The maximum atomic E-state index is 12.6. The topological polar surface area (TPSA) is 89.3 Å². The van der Waals surface area contributed by atoms with Crippen LogP contribution >= 0.6 is 0 Å². The van der Waals surface area contributed by atoms with E-state index >= 15 is 0 Å². The number of hydrogen-bond acceptors (Lipinski definition) is 5. The van der Waals surface area contributed by atoms with Gasteiger partial charge in [-0.2, -0.15) is 5.26 Å². The van der Waals surface area contributed by atoms with E-state index in [1.54, 1.807) is 12.1 Å². The predicted molar refractivity (Wildman–Crippen MR) is 97.4 cm³/mol. The van der Waals surface area contributed by atoms with Gasteiger partial charge in [-0.15, -0.1) is 0 Å². The highest BCUT2D eigenvalue weighted by Crippen LogP contribution is 2.42. The van der Waals surface area contributed by atoms with Crippen LogP contribution in [-0.4, -0.2) is 0 Å². The number of ether oxygens (including phenoxy) is 1. The molecule has 2 aromatic carbocycles. The van der Waals surface area contributed by atoms with E-state index in [4.69, 9.17) is 14.9 Å². The molecule has 5 nitrogen and oxygen atoms in total. The zero-order chi connectivity index (χ0) is 18.1. The van der Waals surface area contributed by atoms with Crippen molar-refractivity contribution in [3.63, 3.8) is 0 Å². The fourth-order valence-electron chi connectivity index (χ4n) is 3.40. The molecule has 1 atom stereocenters. The van der Waals surface area contributed by atoms with E-state index in [0.29, 0.717) is 35.1 Å². The SMILES string of the molecule is N#CC1=C(N)Oc2c(c(=O)oc3ccccc23)[C@@H]1CCc1ccccc1. The maximum absolute atomic E-state index is 12.6. The van der Waals surface area contributed by atoms with E-state index in [0.717, 1.165) is 5.56 Å². The first-order chi connectivity index (χ1) is 12.7. The number of fused-ring (bicyclic) bond motifs is 3. The highest BCUT2D eigenvalue weighted by Gasteiger charge is 2.33. The van der Waals surface area contributed by atoms with E-state index in [-0.39, 0.29) is 11.5 Å². The molecule has 1 aliphatic rings. The molecule has 3 aromatic rings. The molecule has 2 N–H and O–H groups in total. The number of hydrogen-bond donors (Lipinski definition) is 1. The molecule has 128 valence electrons. The van der Waals surface area contributed by atoms with E-state index in [2.05, 4.69) is 6.07 Å². The maximum Gasteiger partial charge on any atom is 0.343 e. The normalized spacial score (nSPS) is 16.0. The third-order valence-corrected chi connectivity index (χ3v) is 4.66. The van der Waals surface area contributed by atoms with Gasteiger partial charge in [-0.25, -0.2) is 4.79 Å². The molecule has 0 aliphatic carbocycles. The van der Waals surface area contributed by atoms with Gasteiger partial charge in [-0.3, -0.25) is 0 Å². The van der Waals surface area contributed by atoms with Crippen LogP contribution in [0.1, 0.15) is 23.5 Å². The fraction of sp³-hybridized carbons (Fsp3) is 0.143. The van der Waals surface area contributed by atoms with E-state index in [1.807, 2.05) is 42.5 Å². The quantitative estimate of drug-likeness (QED) is 0.733.